The number of pyridine rings is 2. The zero-order valence-electron chi connectivity index (χ0n) is 24.8. The fourth-order valence-corrected chi connectivity index (χ4v) is 6.05. The Morgan fingerprint density at radius 3 is 2.61 bits per heavy atom. The van der Waals surface area contributed by atoms with E-state index in [9.17, 15) is 18.0 Å². The van der Waals surface area contributed by atoms with Crippen molar-refractivity contribution in [2.45, 2.75) is 52.0 Å². The summed E-state index contributed by atoms with van der Waals surface area (Å²) >= 11 is 0. The molecule has 1 atom stereocenters. The van der Waals surface area contributed by atoms with Gasteiger partial charge in [0.05, 0.1) is 17.1 Å². The number of hydrogen-bond acceptors (Lipinski definition) is 6. The van der Waals surface area contributed by atoms with Crippen LogP contribution in [0.4, 0.5) is 23.7 Å². The van der Waals surface area contributed by atoms with Gasteiger partial charge in [-0.25, -0.2) is 9.78 Å². The molecule has 6 rings (SSSR count). The molecule has 0 bridgehead atoms. The molecule has 2 N–H and O–H groups in total. The Balaban J connectivity index is 1.18. The number of ether oxygens (including phenoxy) is 1. The van der Waals surface area contributed by atoms with Crippen LogP contribution in [0, 0.1) is 0 Å². The zero-order chi connectivity index (χ0) is 30.8. The molecule has 0 saturated carbocycles. The Morgan fingerprint density at radius 1 is 1.07 bits per heavy atom. The summed E-state index contributed by atoms with van der Waals surface area (Å²) in [6.45, 7) is 8.60. The molecule has 2 aliphatic heterocycles. The van der Waals surface area contributed by atoms with E-state index < -0.39 is 17.8 Å². The Bertz CT molecular complexity index is 1630. The van der Waals surface area contributed by atoms with Crippen molar-refractivity contribution in [2.24, 2.45) is 0 Å². The number of H-pyrrole nitrogens is 1. The first kappa shape index (κ1) is 29.9. The monoisotopic (exact) mass is 607 g/mol. The lowest BCUT2D eigenvalue weighted by atomic mass is 9.97. The number of hydrogen-bond donors (Lipinski definition) is 2. The number of carbonyl (C=O) groups excluding carboxylic acids is 1. The summed E-state index contributed by atoms with van der Waals surface area (Å²) in [5, 5.41) is 3.57. The number of nitrogens with zero attached hydrogens (tertiary/aromatic N) is 5. The molecule has 9 nitrogen and oxygen atoms in total. The molecule has 0 radical (unpaired) electrons. The fraction of sp³-hybridized carbons (Fsp3) is 0.406. The van der Waals surface area contributed by atoms with Crippen LogP contribution in [0.2, 0.25) is 0 Å². The number of nitrogens with one attached hydrogen (secondary N) is 2. The molecular formula is C32H36F3N7O2. The number of halogens is 3. The van der Waals surface area contributed by atoms with Crippen LogP contribution in [0.25, 0.3) is 11.0 Å². The first-order valence-electron chi connectivity index (χ1n) is 15.0. The van der Waals surface area contributed by atoms with Crippen molar-refractivity contribution in [1.82, 2.24) is 29.7 Å². The summed E-state index contributed by atoms with van der Waals surface area (Å²) in [6, 6.07) is 9.02. The van der Waals surface area contributed by atoms with Gasteiger partial charge < -0.3 is 24.8 Å². The van der Waals surface area contributed by atoms with Crippen LogP contribution in [0.15, 0.2) is 55.0 Å². The molecule has 5 heterocycles. The van der Waals surface area contributed by atoms with Gasteiger partial charge in [0, 0.05) is 75.5 Å². The predicted molar refractivity (Wildman–Crippen MR) is 162 cm³/mol. The number of aromatic nitrogens is 3. The van der Waals surface area contributed by atoms with Crippen LogP contribution in [-0.2, 0) is 25.7 Å². The van der Waals surface area contributed by atoms with E-state index in [0.717, 1.165) is 55.4 Å². The average molecular weight is 608 g/mol. The molecule has 1 aromatic carbocycles. The summed E-state index contributed by atoms with van der Waals surface area (Å²) < 4.78 is 48.6. The van der Waals surface area contributed by atoms with Gasteiger partial charge >= 0.3 is 12.2 Å². The number of urea groups is 1. The molecule has 12 heteroatoms. The lowest BCUT2D eigenvalue weighted by Crippen LogP contribution is -2.46. The van der Waals surface area contributed by atoms with Crippen molar-refractivity contribution in [2.75, 3.05) is 38.0 Å². The molecule has 0 spiro atoms. The van der Waals surface area contributed by atoms with E-state index in [0.29, 0.717) is 30.0 Å². The Morgan fingerprint density at radius 2 is 1.86 bits per heavy atom. The van der Waals surface area contributed by atoms with Gasteiger partial charge in [-0.2, -0.15) is 13.2 Å². The molecule has 4 aromatic rings. The maximum absolute atomic E-state index is 14.2. The highest BCUT2D eigenvalue weighted by Crippen LogP contribution is 2.36. The molecule has 1 fully saturated rings. The molecule has 2 amide bonds. The molecular weight excluding hydrogens is 571 g/mol. The van der Waals surface area contributed by atoms with Crippen molar-refractivity contribution in [3.05, 3.63) is 77.4 Å². The van der Waals surface area contributed by atoms with E-state index in [1.54, 1.807) is 35.6 Å². The van der Waals surface area contributed by atoms with E-state index in [2.05, 4.69) is 32.1 Å². The maximum atomic E-state index is 14.2. The molecule has 0 aliphatic carbocycles. The summed E-state index contributed by atoms with van der Waals surface area (Å²) in [7, 11) is 0. The third-order valence-electron chi connectivity index (χ3n) is 8.60. The zero-order valence-corrected chi connectivity index (χ0v) is 24.8. The van der Waals surface area contributed by atoms with Crippen molar-refractivity contribution < 1.29 is 22.7 Å². The van der Waals surface area contributed by atoms with Crippen LogP contribution < -0.4 is 10.1 Å². The molecule has 1 unspecified atom stereocenters. The predicted octanol–water partition coefficient (Wildman–Crippen LogP) is 6.28. The highest BCUT2D eigenvalue weighted by Gasteiger charge is 2.35. The number of piperazine rings is 1. The SMILES string of the molecule is CCC1Cc2ncc(Oc3ccnc4[nH]ccc34)cc2CN1C(=O)Nc1ccc(CN2CCN(CC)CC2)c(C(F)(F)F)c1. The van der Waals surface area contributed by atoms with Crippen molar-refractivity contribution in [3.63, 3.8) is 0 Å². The number of amides is 2. The first-order chi connectivity index (χ1) is 21.2. The number of alkyl halides is 3. The second kappa shape index (κ2) is 12.4. The van der Waals surface area contributed by atoms with Gasteiger partial charge in [-0.3, -0.25) is 9.88 Å². The lowest BCUT2D eigenvalue weighted by Gasteiger charge is -2.36. The van der Waals surface area contributed by atoms with E-state index in [4.69, 9.17) is 4.74 Å². The summed E-state index contributed by atoms with van der Waals surface area (Å²) in [4.78, 5) is 31.5. The summed E-state index contributed by atoms with van der Waals surface area (Å²) in [5.74, 6) is 1.15. The van der Waals surface area contributed by atoms with E-state index in [-0.39, 0.29) is 30.4 Å². The van der Waals surface area contributed by atoms with Crippen molar-refractivity contribution in [1.29, 1.82) is 0 Å². The highest BCUT2D eigenvalue weighted by molar-refractivity contribution is 5.90. The van der Waals surface area contributed by atoms with Crippen molar-refractivity contribution >= 4 is 22.8 Å². The number of aromatic amines is 1. The van der Waals surface area contributed by atoms with Crippen LogP contribution in [0.1, 0.15) is 42.7 Å². The number of rotatable bonds is 7. The van der Waals surface area contributed by atoms with Gasteiger partial charge in [-0.1, -0.05) is 19.9 Å². The van der Waals surface area contributed by atoms with Gasteiger partial charge in [-0.05, 0) is 54.4 Å². The minimum atomic E-state index is -4.54. The highest BCUT2D eigenvalue weighted by atomic mass is 19.4. The van der Waals surface area contributed by atoms with E-state index in [1.165, 1.54) is 6.07 Å². The maximum Gasteiger partial charge on any atom is 0.416 e. The Labute approximate surface area is 254 Å². The third kappa shape index (κ3) is 6.36. The number of fused-ring (bicyclic) bond motifs is 2. The molecule has 232 valence electrons. The van der Waals surface area contributed by atoms with Crippen LogP contribution >= 0.6 is 0 Å². The number of anilines is 1. The van der Waals surface area contributed by atoms with Crippen molar-refractivity contribution in [3.8, 4) is 11.5 Å². The van der Waals surface area contributed by atoms with Crippen LogP contribution in [0.3, 0.4) is 0 Å². The molecule has 2 aliphatic rings. The van der Waals surface area contributed by atoms with E-state index >= 15 is 0 Å². The summed E-state index contributed by atoms with van der Waals surface area (Å²) in [5.41, 5.74) is 2.02. The topological polar surface area (TPSA) is 89.6 Å². The fourth-order valence-electron chi connectivity index (χ4n) is 6.05. The Hall–Kier alpha value is -4.16. The number of carbonyl (C=O) groups is 1. The number of likely N-dealkylation sites (N-methyl/N-ethyl adjacent to an activating group) is 1. The minimum Gasteiger partial charge on any atom is -0.455 e. The second-order valence-corrected chi connectivity index (χ2v) is 11.3. The molecule has 3 aromatic heterocycles. The molecule has 1 saturated heterocycles. The van der Waals surface area contributed by atoms with Crippen LogP contribution in [0.5, 0.6) is 11.5 Å². The minimum absolute atomic E-state index is 0.117. The van der Waals surface area contributed by atoms with Gasteiger partial charge in [0.15, 0.2) is 0 Å². The lowest BCUT2D eigenvalue weighted by molar-refractivity contribution is -0.138. The quantitative estimate of drug-likeness (QED) is 0.257. The van der Waals surface area contributed by atoms with Gasteiger partial charge in [-0.15, -0.1) is 0 Å². The second-order valence-electron chi connectivity index (χ2n) is 11.3. The Kier molecular flexibility index (Phi) is 8.46. The number of benzene rings is 1. The van der Waals surface area contributed by atoms with Gasteiger partial charge in [0.25, 0.3) is 0 Å². The largest absolute Gasteiger partial charge is 0.455 e. The van der Waals surface area contributed by atoms with Gasteiger partial charge in [0.2, 0.25) is 0 Å². The summed E-state index contributed by atoms with van der Waals surface area (Å²) in [6.07, 6.45) is 1.78. The van der Waals surface area contributed by atoms with E-state index in [1.807, 2.05) is 24.0 Å². The first-order valence-corrected chi connectivity index (χ1v) is 15.0. The normalized spacial score (nSPS) is 17.9. The van der Waals surface area contributed by atoms with Crippen LogP contribution in [-0.4, -0.2) is 74.4 Å². The van der Waals surface area contributed by atoms with Gasteiger partial charge in [0.1, 0.15) is 17.1 Å². The standard InChI is InChI=1S/C32H36F3N7O2/c1-3-24-17-28-22(15-25(18-38-28)44-29-8-10-37-30-26(29)7-9-36-30)20-42(24)31(43)39-23-6-5-21(27(16-23)32(33,34)35)19-41-13-11-40(4-2)12-14-41/h5-10,15-16,18,24H,3-4,11-14,17,19-20H2,1-2H3,(H,36,37)(H,39,43). The smallest absolute Gasteiger partial charge is 0.416 e. The molecule has 44 heavy (non-hydrogen) atoms. The average Bonchev–Trinajstić information content (AvgIpc) is 3.51. The third-order valence-corrected chi connectivity index (χ3v) is 8.60.